The zero-order valence-corrected chi connectivity index (χ0v) is 20.0. The number of nitrogens with zero attached hydrogens (tertiary/aromatic N) is 1. The van der Waals surface area contributed by atoms with Crippen LogP contribution in [0.25, 0.3) is 12.2 Å². The minimum absolute atomic E-state index is 0.426. The van der Waals surface area contributed by atoms with Gasteiger partial charge in [-0.15, -0.1) is 0 Å². The predicted molar refractivity (Wildman–Crippen MR) is 129 cm³/mol. The Balaban J connectivity index is 1.60. The summed E-state index contributed by atoms with van der Waals surface area (Å²) in [6.07, 6.45) is 9.44. The Morgan fingerprint density at radius 1 is 0.647 bits per heavy atom. The van der Waals surface area contributed by atoms with E-state index in [1.165, 1.54) is 0 Å². The fraction of sp³-hybridized carbons (Fsp3) is 0.500. The molecule has 0 atom stereocenters. The number of fused-ring (bicyclic) bond motifs is 1. The fourth-order valence-corrected chi connectivity index (χ4v) is 3.26. The largest absolute Gasteiger partial charge is 0.487 e. The first-order valence-electron chi connectivity index (χ1n) is 12.0. The molecule has 1 aliphatic heterocycles. The lowest BCUT2D eigenvalue weighted by Gasteiger charge is -2.14. The molecule has 8 heteroatoms. The van der Waals surface area contributed by atoms with Crippen LogP contribution in [0.2, 0.25) is 0 Å². The van der Waals surface area contributed by atoms with Crippen molar-refractivity contribution in [2.45, 2.75) is 13.0 Å². The van der Waals surface area contributed by atoms with Crippen molar-refractivity contribution in [1.82, 2.24) is 0 Å². The molecule has 3 rings (SSSR count). The minimum atomic E-state index is 0.426. The van der Waals surface area contributed by atoms with Crippen LogP contribution in [0, 0.1) is 0 Å². The van der Waals surface area contributed by atoms with E-state index >= 15 is 0 Å². The Kier molecular flexibility index (Phi) is 12.4. The lowest BCUT2D eigenvalue weighted by molar-refractivity contribution is -0.699. The van der Waals surface area contributed by atoms with Gasteiger partial charge in [-0.2, -0.15) is 0 Å². The van der Waals surface area contributed by atoms with Crippen LogP contribution in [0.5, 0.6) is 11.5 Å². The van der Waals surface area contributed by atoms with E-state index in [9.17, 15) is 0 Å². The molecule has 1 aliphatic rings. The first-order chi connectivity index (χ1) is 16.8. The lowest BCUT2D eigenvalue weighted by atomic mass is 10.1. The first kappa shape index (κ1) is 26.1. The van der Waals surface area contributed by atoms with Crippen LogP contribution in [0.15, 0.2) is 42.7 Å². The van der Waals surface area contributed by atoms with Gasteiger partial charge in [0, 0.05) is 12.1 Å². The molecule has 1 aromatic heterocycles. The van der Waals surface area contributed by atoms with E-state index in [4.69, 9.17) is 28.4 Å². The summed E-state index contributed by atoms with van der Waals surface area (Å²) < 4.78 is 36.2. The Labute approximate surface area is 202 Å². The summed E-state index contributed by atoms with van der Waals surface area (Å²) in [5, 5.41) is 0. The molecule has 0 saturated heterocycles. The van der Waals surface area contributed by atoms with E-state index in [1.54, 1.807) is 0 Å². The highest BCUT2D eigenvalue weighted by Gasteiger charge is 2.07. The molecule has 0 fully saturated rings. The monoisotopic (exact) mass is 474 g/mol. The molecule has 34 heavy (non-hydrogen) atoms. The van der Waals surface area contributed by atoms with Crippen molar-refractivity contribution in [2.24, 2.45) is 0 Å². The maximum Gasteiger partial charge on any atom is 0.169 e. The molecule has 3 N–H and O–H groups in total. The van der Waals surface area contributed by atoms with Gasteiger partial charge in [-0.1, -0.05) is 18.2 Å². The number of aryl methyl sites for hydroxylation is 1. The molecule has 186 valence electrons. The summed E-state index contributed by atoms with van der Waals surface area (Å²) in [4.78, 5) is 0. The van der Waals surface area contributed by atoms with Crippen molar-refractivity contribution < 1.29 is 38.7 Å². The van der Waals surface area contributed by atoms with Gasteiger partial charge in [-0.3, -0.25) is 0 Å². The van der Waals surface area contributed by atoms with E-state index in [0.29, 0.717) is 77.6 Å². The molecule has 8 nitrogen and oxygen atoms in total. The van der Waals surface area contributed by atoms with Crippen molar-refractivity contribution in [3.63, 3.8) is 0 Å². The average molecular weight is 475 g/mol. The third-order valence-corrected chi connectivity index (χ3v) is 5.11. The summed E-state index contributed by atoms with van der Waals surface area (Å²) in [7, 11) is 0. The van der Waals surface area contributed by atoms with E-state index in [-0.39, 0.29) is 0 Å². The summed E-state index contributed by atoms with van der Waals surface area (Å²) in [6.45, 7) is 6.95. The summed E-state index contributed by atoms with van der Waals surface area (Å²) in [5.41, 5.74) is 6.06. The van der Waals surface area contributed by atoms with E-state index < -0.39 is 0 Å². The highest BCUT2D eigenvalue weighted by atomic mass is 16.6. The quantitative estimate of drug-likeness (QED) is 0.663. The zero-order valence-electron chi connectivity index (χ0n) is 20.0. The van der Waals surface area contributed by atoms with Gasteiger partial charge in [0.25, 0.3) is 0 Å². The summed E-state index contributed by atoms with van der Waals surface area (Å²) >= 11 is 0. The molecule has 2 heterocycles. The SMILES string of the molecule is [NH3+]CCC[n+]1ccc(/C=C/c2ccc3c(c2)OCCOCCOCCOCCOCCO3)cc1. The standard InChI is InChI=1S/C26H37N2O6/c27-8-1-9-28-10-6-23(7-11-28)2-3-24-4-5-25-26(22-24)34-21-19-32-17-15-30-13-12-29-14-16-31-18-20-33-25/h2-7,10-11,22H,1,8-9,12-21,27H2/q+1/p+1/b3-2+. The Bertz CT molecular complexity index is 844. The van der Waals surface area contributed by atoms with Crippen LogP contribution < -0.4 is 19.8 Å². The second-order valence-electron chi connectivity index (χ2n) is 7.76. The topological polar surface area (TPSA) is 86.9 Å². The molecule has 0 amide bonds. The number of ether oxygens (including phenoxy) is 6. The number of quaternary nitrogens is 1. The van der Waals surface area contributed by atoms with Gasteiger partial charge in [-0.25, -0.2) is 4.57 Å². The van der Waals surface area contributed by atoms with Crippen LogP contribution in [-0.4, -0.2) is 72.6 Å². The molecule has 2 aromatic rings. The van der Waals surface area contributed by atoms with Gasteiger partial charge < -0.3 is 34.2 Å². The van der Waals surface area contributed by atoms with E-state index in [0.717, 1.165) is 30.6 Å². The van der Waals surface area contributed by atoms with Gasteiger partial charge >= 0.3 is 0 Å². The van der Waals surface area contributed by atoms with Crippen LogP contribution in [0.4, 0.5) is 0 Å². The van der Waals surface area contributed by atoms with E-state index in [1.807, 2.05) is 18.2 Å². The van der Waals surface area contributed by atoms with E-state index in [2.05, 4.69) is 47.0 Å². The number of rotatable bonds is 5. The van der Waals surface area contributed by atoms with Gasteiger partial charge in [0.1, 0.15) is 13.2 Å². The van der Waals surface area contributed by atoms with Gasteiger partial charge in [0.05, 0.1) is 65.8 Å². The van der Waals surface area contributed by atoms with Crippen molar-refractivity contribution in [2.75, 3.05) is 72.6 Å². The van der Waals surface area contributed by atoms with Crippen molar-refractivity contribution in [3.8, 4) is 11.5 Å². The highest BCUT2D eigenvalue weighted by molar-refractivity contribution is 5.70. The third kappa shape index (κ3) is 10.2. The van der Waals surface area contributed by atoms with Crippen LogP contribution in [-0.2, 0) is 25.5 Å². The number of benzene rings is 1. The highest BCUT2D eigenvalue weighted by Crippen LogP contribution is 2.29. The molecular weight excluding hydrogens is 436 g/mol. The second kappa shape index (κ2) is 16.2. The zero-order chi connectivity index (χ0) is 23.7. The molecular formula is C26H38N2O6+2. The summed E-state index contributed by atoms with van der Waals surface area (Å²) in [5.74, 6) is 1.37. The Hall–Kier alpha value is -2.49. The Morgan fingerprint density at radius 3 is 1.76 bits per heavy atom. The van der Waals surface area contributed by atoms with Crippen molar-refractivity contribution in [3.05, 3.63) is 53.9 Å². The lowest BCUT2D eigenvalue weighted by Crippen LogP contribution is -2.51. The average Bonchev–Trinajstić information content (AvgIpc) is 2.87. The molecule has 0 saturated carbocycles. The van der Waals surface area contributed by atoms with Gasteiger partial charge in [0.15, 0.2) is 30.4 Å². The maximum atomic E-state index is 5.99. The third-order valence-electron chi connectivity index (χ3n) is 5.11. The van der Waals surface area contributed by atoms with Crippen LogP contribution >= 0.6 is 0 Å². The number of aromatic nitrogens is 1. The molecule has 0 radical (unpaired) electrons. The van der Waals surface area contributed by atoms with Gasteiger partial charge in [-0.05, 0) is 23.3 Å². The fourth-order valence-electron chi connectivity index (χ4n) is 3.26. The number of hydrogen-bond acceptors (Lipinski definition) is 6. The smallest absolute Gasteiger partial charge is 0.169 e. The molecule has 1 aromatic carbocycles. The molecule has 0 aliphatic carbocycles. The normalized spacial score (nSPS) is 17.2. The number of pyridine rings is 1. The molecule has 0 bridgehead atoms. The molecule has 0 spiro atoms. The Morgan fingerprint density at radius 2 is 1.18 bits per heavy atom. The predicted octanol–water partition coefficient (Wildman–Crippen LogP) is 1.61. The molecule has 0 unspecified atom stereocenters. The van der Waals surface area contributed by atoms with Crippen molar-refractivity contribution in [1.29, 1.82) is 0 Å². The van der Waals surface area contributed by atoms with Crippen LogP contribution in [0.1, 0.15) is 17.5 Å². The van der Waals surface area contributed by atoms with Crippen molar-refractivity contribution >= 4 is 12.2 Å². The first-order valence-corrected chi connectivity index (χ1v) is 12.0. The number of hydrogen-bond donors (Lipinski definition) is 1. The summed E-state index contributed by atoms with van der Waals surface area (Å²) in [6, 6.07) is 10.2. The van der Waals surface area contributed by atoms with Gasteiger partial charge in [0.2, 0.25) is 0 Å². The second-order valence-corrected chi connectivity index (χ2v) is 7.76. The minimum Gasteiger partial charge on any atom is -0.487 e. The maximum absolute atomic E-state index is 5.99. The van der Waals surface area contributed by atoms with Crippen LogP contribution in [0.3, 0.4) is 0 Å².